The van der Waals surface area contributed by atoms with E-state index >= 15 is 0 Å². The lowest BCUT2D eigenvalue weighted by Gasteiger charge is -2.09. The third kappa shape index (κ3) is 6.47. The molecular formula is C20H23NO5. The second-order valence-electron chi connectivity index (χ2n) is 5.56. The van der Waals surface area contributed by atoms with Crippen molar-refractivity contribution in [2.45, 2.75) is 20.4 Å². The molecule has 0 saturated carbocycles. The van der Waals surface area contributed by atoms with E-state index in [0.29, 0.717) is 18.9 Å². The van der Waals surface area contributed by atoms with Gasteiger partial charge in [-0.05, 0) is 49.2 Å². The molecule has 1 N–H and O–H groups in total. The van der Waals surface area contributed by atoms with Crippen LogP contribution in [0.15, 0.2) is 48.5 Å². The summed E-state index contributed by atoms with van der Waals surface area (Å²) in [5.74, 6) is 0.287. The van der Waals surface area contributed by atoms with Crippen LogP contribution in [0.3, 0.4) is 0 Å². The minimum absolute atomic E-state index is 0.265. The Morgan fingerprint density at radius 3 is 2.23 bits per heavy atom. The summed E-state index contributed by atoms with van der Waals surface area (Å²) < 4.78 is 15.5. The van der Waals surface area contributed by atoms with E-state index in [1.165, 1.54) is 0 Å². The first kappa shape index (κ1) is 19.3. The number of esters is 1. The van der Waals surface area contributed by atoms with Gasteiger partial charge in [-0.3, -0.25) is 4.79 Å². The van der Waals surface area contributed by atoms with E-state index in [1.807, 2.05) is 38.1 Å². The van der Waals surface area contributed by atoms with Crippen molar-refractivity contribution in [2.24, 2.45) is 0 Å². The zero-order valence-electron chi connectivity index (χ0n) is 15.0. The predicted octanol–water partition coefficient (Wildman–Crippen LogP) is 2.63. The molecule has 0 aliphatic rings. The van der Waals surface area contributed by atoms with Crippen molar-refractivity contribution < 1.29 is 23.8 Å². The minimum Gasteiger partial charge on any atom is -0.494 e. The minimum atomic E-state index is -0.607. The number of amides is 1. The molecule has 0 aliphatic carbocycles. The van der Waals surface area contributed by atoms with Crippen molar-refractivity contribution in [2.75, 3.05) is 19.8 Å². The van der Waals surface area contributed by atoms with Gasteiger partial charge in [-0.1, -0.05) is 24.3 Å². The van der Waals surface area contributed by atoms with Gasteiger partial charge in [-0.2, -0.15) is 0 Å². The number of benzene rings is 2. The van der Waals surface area contributed by atoms with E-state index in [9.17, 15) is 9.59 Å². The van der Waals surface area contributed by atoms with Crippen LogP contribution in [0.1, 0.15) is 18.1 Å². The highest BCUT2D eigenvalue weighted by molar-refractivity contribution is 5.80. The monoisotopic (exact) mass is 357 g/mol. The molecule has 0 bridgehead atoms. The molecule has 6 heteroatoms. The SMILES string of the molecule is CCOc1ccc(OCC(=O)OCC(=O)NCc2ccccc2C)cc1. The number of carbonyl (C=O) groups is 2. The number of aryl methyl sites for hydroxylation is 1. The molecule has 0 heterocycles. The van der Waals surface area contributed by atoms with Crippen LogP contribution in [0.2, 0.25) is 0 Å². The van der Waals surface area contributed by atoms with Gasteiger partial charge in [0.05, 0.1) is 6.61 Å². The van der Waals surface area contributed by atoms with Crippen LogP contribution < -0.4 is 14.8 Å². The van der Waals surface area contributed by atoms with Gasteiger partial charge in [-0.15, -0.1) is 0 Å². The van der Waals surface area contributed by atoms with E-state index in [2.05, 4.69) is 5.32 Å². The zero-order chi connectivity index (χ0) is 18.8. The number of rotatable bonds is 9. The topological polar surface area (TPSA) is 73.9 Å². The summed E-state index contributed by atoms with van der Waals surface area (Å²) in [5.41, 5.74) is 2.11. The van der Waals surface area contributed by atoms with Crippen LogP contribution in [-0.2, 0) is 20.9 Å². The second-order valence-corrected chi connectivity index (χ2v) is 5.56. The zero-order valence-corrected chi connectivity index (χ0v) is 15.0. The van der Waals surface area contributed by atoms with E-state index in [1.54, 1.807) is 24.3 Å². The number of nitrogens with one attached hydrogen (secondary N) is 1. The van der Waals surface area contributed by atoms with Crippen LogP contribution in [0.25, 0.3) is 0 Å². The van der Waals surface area contributed by atoms with Gasteiger partial charge in [-0.25, -0.2) is 4.79 Å². The van der Waals surface area contributed by atoms with E-state index in [-0.39, 0.29) is 19.1 Å². The van der Waals surface area contributed by atoms with Gasteiger partial charge in [0.15, 0.2) is 13.2 Å². The van der Waals surface area contributed by atoms with Gasteiger partial charge in [0.2, 0.25) is 0 Å². The summed E-state index contributed by atoms with van der Waals surface area (Å²) in [6, 6.07) is 14.7. The molecule has 0 aromatic heterocycles. The lowest BCUT2D eigenvalue weighted by molar-refractivity contribution is -0.150. The Hall–Kier alpha value is -3.02. The van der Waals surface area contributed by atoms with Crippen molar-refractivity contribution in [1.82, 2.24) is 5.32 Å². The van der Waals surface area contributed by atoms with E-state index in [0.717, 1.165) is 16.9 Å². The van der Waals surface area contributed by atoms with Crippen molar-refractivity contribution in [3.8, 4) is 11.5 Å². The van der Waals surface area contributed by atoms with Crippen LogP contribution in [0, 0.1) is 6.92 Å². The molecule has 26 heavy (non-hydrogen) atoms. The molecule has 6 nitrogen and oxygen atoms in total. The standard InChI is InChI=1S/C20H23NO5/c1-3-24-17-8-10-18(11-9-17)25-14-20(23)26-13-19(22)21-12-16-7-5-4-6-15(16)2/h4-11H,3,12-14H2,1-2H3,(H,21,22). The molecule has 2 rings (SSSR count). The fourth-order valence-corrected chi connectivity index (χ4v) is 2.18. The molecular weight excluding hydrogens is 334 g/mol. The number of hydrogen-bond donors (Lipinski definition) is 1. The Bertz CT molecular complexity index is 727. The van der Waals surface area contributed by atoms with Crippen LogP contribution >= 0.6 is 0 Å². The highest BCUT2D eigenvalue weighted by Gasteiger charge is 2.09. The molecule has 2 aromatic carbocycles. The van der Waals surface area contributed by atoms with Crippen molar-refractivity contribution >= 4 is 11.9 Å². The second kappa shape index (κ2) is 10.1. The molecule has 0 radical (unpaired) electrons. The molecule has 0 aliphatic heterocycles. The fourth-order valence-electron chi connectivity index (χ4n) is 2.18. The van der Waals surface area contributed by atoms with Gasteiger partial charge < -0.3 is 19.5 Å². The predicted molar refractivity (Wildman–Crippen MR) is 97.1 cm³/mol. The van der Waals surface area contributed by atoms with Crippen LogP contribution in [0.4, 0.5) is 0 Å². The summed E-state index contributed by atoms with van der Waals surface area (Å²) >= 11 is 0. The quantitative estimate of drug-likeness (QED) is 0.699. The van der Waals surface area contributed by atoms with Crippen LogP contribution in [0.5, 0.6) is 11.5 Å². The Morgan fingerprint density at radius 2 is 1.58 bits per heavy atom. The maximum Gasteiger partial charge on any atom is 0.344 e. The molecule has 0 fully saturated rings. The first-order valence-corrected chi connectivity index (χ1v) is 8.41. The fraction of sp³-hybridized carbons (Fsp3) is 0.300. The maximum atomic E-state index is 11.8. The Balaban J connectivity index is 1.66. The van der Waals surface area contributed by atoms with E-state index < -0.39 is 5.97 Å². The summed E-state index contributed by atoms with van der Waals surface area (Å²) in [6.07, 6.45) is 0. The summed E-state index contributed by atoms with van der Waals surface area (Å²) in [6.45, 7) is 4.25. The third-order valence-corrected chi connectivity index (χ3v) is 3.59. The van der Waals surface area contributed by atoms with Crippen molar-refractivity contribution in [1.29, 1.82) is 0 Å². The first-order valence-electron chi connectivity index (χ1n) is 8.41. The molecule has 0 unspecified atom stereocenters. The maximum absolute atomic E-state index is 11.8. The first-order chi connectivity index (χ1) is 12.6. The highest BCUT2D eigenvalue weighted by atomic mass is 16.6. The van der Waals surface area contributed by atoms with Gasteiger partial charge in [0, 0.05) is 6.54 Å². The Labute approximate surface area is 153 Å². The molecule has 2 aromatic rings. The van der Waals surface area contributed by atoms with Crippen LogP contribution in [-0.4, -0.2) is 31.7 Å². The summed E-state index contributed by atoms with van der Waals surface area (Å²) in [7, 11) is 0. The Morgan fingerprint density at radius 1 is 0.923 bits per heavy atom. The lowest BCUT2D eigenvalue weighted by Crippen LogP contribution is -2.29. The lowest BCUT2D eigenvalue weighted by atomic mass is 10.1. The van der Waals surface area contributed by atoms with Gasteiger partial charge in [0.25, 0.3) is 5.91 Å². The average molecular weight is 357 g/mol. The Kier molecular flexibility index (Phi) is 7.49. The smallest absolute Gasteiger partial charge is 0.344 e. The largest absolute Gasteiger partial charge is 0.494 e. The van der Waals surface area contributed by atoms with Crippen molar-refractivity contribution in [3.63, 3.8) is 0 Å². The van der Waals surface area contributed by atoms with Gasteiger partial charge >= 0.3 is 5.97 Å². The van der Waals surface area contributed by atoms with Crippen molar-refractivity contribution in [3.05, 3.63) is 59.7 Å². The average Bonchev–Trinajstić information content (AvgIpc) is 2.65. The number of carbonyl (C=O) groups excluding carboxylic acids is 2. The highest BCUT2D eigenvalue weighted by Crippen LogP contribution is 2.17. The third-order valence-electron chi connectivity index (χ3n) is 3.59. The molecule has 1 amide bonds. The number of ether oxygens (including phenoxy) is 3. The molecule has 0 spiro atoms. The molecule has 0 saturated heterocycles. The number of hydrogen-bond acceptors (Lipinski definition) is 5. The van der Waals surface area contributed by atoms with Gasteiger partial charge in [0.1, 0.15) is 11.5 Å². The summed E-state index contributed by atoms with van der Waals surface area (Å²) in [4.78, 5) is 23.4. The molecule has 0 atom stereocenters. The normalized spacial score (nSPS) is 10.1. The summed E-state index contributed by atoms with van der Waals surface area (Å²) in [5, 5.41) is 2.72. The van der Waals surface area contributed by atoms with E-state index in [4.69, 9.17) is 14.2 Å². The molecule has 138 valence electrons.